The summed E-state index contributed by atoms with van der Waals surface area (Å²) in [5.41, 5.74) is 1.51. The maximum atomic E-state index is 12.9. The first-order valence-electron chi connectivity index (χ1n) is 8.58. The number of fused-ring (bicyclic) bond motifs is 2. The zero-order valence-electron chi connectivity index (χ0n) is 15.2. The van der Waals surface area contributed by atoms with E-state index in [-0.39, 0.29) is 12.5 Å². The van der Waals surface area contributed by atoms with Gasteiger partial charge in [-0.25, -0.2) is 0 Å². The number of benzene rings is 2. The second-order valence-corrected chi connectivity index (χ2v) is 8.64. The summed E-state index contributed by atoms with van der Waals surface area (Å²) in [5.74, 6) is 2.04. The molecule has 0 saturated heterocycles. The second-order valence-electron chi connectivity index (χ2n) is 6.20. The molecule has 0 bridgehead atoms. The molecule has 0 radical (unpaired) electrons. The summed E-state index contributed by atoms with van der Waals surface area (Å²) in [6.07, 6.45) is 5.52. The zero-order chi connectivity index (χ0) is 20.5. The van der Waals surface area contributed by atoms with E-state index in [1.165, 1.54) is 29.6 Å². The highest BCUT2D eigenvalue weighted by atomic mass is 35.5. The zero-order valence-corrected chi connectivity index (χ0v) is 17.6. The highest BCUT2D eigenvalue weighted by molar-refractivity contribution is 7.21. The van der Waals surface area contributed by atoms with E-state index in [4.69, 9.17) is 18.0 Å². The molecule has 1 N–H and O–H groups in total. The fourth-order valence-electron chi connectivity index (χ4n) is 2.97. The monoisotopic (exact) mass is 439 g/mol. The average molecular weight is 440 g/mol. The van der Waals surface area contributed by atoms with Gasteiger partial charge >= 0.3 is 0 Å². The lowest BCUT2D eigenvalue weighted by Crippen LogP contribution is -2.16. The van der Waals surface area contributed by atoms with E-state index in [9.17, 15) is 9.59 Å². The van der Waals surface area contributed by atoms with E-state index in [1.54, 1.807) is 10.6 Å². The lowest BCUT2D eigenvalue weighted by Gasteiger charge is -2.03. The Hall–Kier alpha value is -2.92. The molecule has 0 unspecified atom stereocenters. The van der Waals surface area contributed by atoms with Gasteiger partial charge in [-0.3, -0.25) is 9.59 Å². The van der Waals surface area contributed by atoms with E-state index in [2.05, 4.69) is 16.2 Å². The van der Waals surface area contributed by atoms with Crippen molar-refractivity contribution in [3.63, 3.8) is 0 Å². The first-order chi connectivity index (χ1) is 14.0. The molecule has 0 atom stereocenters. The molecule has 0 saturated carbocycles. The van der Waals surface area contributed by atoms with Crippen molar-refractivity contribution in [2.75, 3.05) is 5.32 Å². The number of carbonyl (C=O) groups excluding carboxylic acids is 2. The van der Waals surface area contributed by atoms with Crippen LogP contribution in [0, 0.1) is 12.3 Å². The molecule has 4 aromatic rings. The number of halogens is 1. The second kappa shape index (κ2) is 7.84. The summed E-state index contributed by atoms with van der Waals surface area (Å²) in [4.78, 5) is 29.4. The summed E-state index contributed by atoms with van der Waals surface area (Å²) in [6, 6.07) is 13.1. The van der Waals surface area contributed by atoms with E-state index in [0.717, 1.165) is 20.3 Å². The molecule has 8 heteroatoms. The molecular weight excluding hydrogens is 426 g/mol. The minimum Gasteiger partial charge on any atom is -0.326 e. The van der Waals surface area contributed by atoms with Crippen LogP contribution < -0.4 is 10.1 Å². The number of thiophene rings is 1. The lowest BCUT2D eigenvalue weighted by atomic mass is 10.2. The van der Waals surface area contributed by atoms with E-state index in [1.807, 2.05) is 36.4 Å². The lowest BCUT2D eigenvalue weighted by molar-refractivity contribution is -0.114. The molecule has 0 fully saturated rings. The summed E-state index contributed by atoms with van der Waals surface area (Å²) in [5, 5.41) is 4.00. The van der Waals surface area contributed by atoms with Crippen LogP contribution in [0.2, 0.25) is 5.02 Å². The number of aromatic nitrogens is 1. The molecule has 0 spiro atoms. The third kappa shape index (κ3) is 3.70. The van der Waals surface area contributed by atoms with Crippen LogP contribution in [0.5, 0.6) is 0 Å². The van der Waals surface area contributed by atoms with E-state index < -0.39 is 5.91 Å². The van der Waals surface area contributed by atoms with E-state index >= 15 is 0 Å². The van der Waals surface area contributed by atoms with Crippen LogP contribution in [-0.2, 0) is 11.3 Å². The predicted octanol–water partition coefficient (Wildman–Crippen LogP) is 4.90. The van der Waals surface area contributed by atoms with Gasteiger partial charge < -0.3 is 9.88 Å². The van der Waals surface area contributed by atoms with Crippen molar-refractivity contribution < 1.29 is 9.59 Å². The number of hydrogen-bond acceptors (Lipinski definition) is 4. The molecule has 0 aliphatic rings. The molecule has 2 aromatic heterocycles. The van der Waals surface area contributed by atoms with Gasteiger partial charge in [-0.15, -0.1) is 17.8 Å². The van der Waals surface area contributed by atoms with Gasteiger partial charge in [0.15, 0.2) is 4.80 Å². The van der Waals surface area contributed by atoms with Crippen molar-refractivity contribution in [1.29, 1.82) is 0 Å². The fraction of sp³-hybridized carbons (Fsp3) is 0.0952. The van der Waals surface area contributed by atoms with Crippen LogP contribution in [0.3, 0.4) is 0 Å². The molecule has 29 heavy (non-hydrogen) atoms. The SMILES string of the molecule is C#CCn1c(=NC(=O)c2sc3ccccc3c2Cl)sc2cc(NC(C)=O)ccc21. The first kappa shape index (κ1) is 19.4. The Morgan fingerprint density at radius 3 is 2.72 bits per heavy atom. The summed E-state index contributed by atoms with van der Waals surface area (Å²) >= 11 is 9.07. The standard InChI is InChI=1S/C21H14ClN3O2S2/c1-3-10-25-15-9-8-13(23-12(2)26)11-17(15)29-21(25)24-20(27)19-18(22)14-6-4-5-7-16(14)28-19/h1,4-9,11H,10H2,2H3,(H,23,26). The van der Waals surface area contributed by atoms with Crippen molar-refractivity contribution in [1.82, 2.24) is 4.57 Å². The predicted molar refractivity (Wildman–Crippen MR) is 120 cm³/mol. The number of nitrogens with one attached hydrogen (secondary N) is 1. The smallest absolute Gasteiger partial charge is 0.291 e. The van der Waals surface area contributed by atoms with Crippen LogP contribution in [-0.4, -0.2) is 16.4 Å². The number of hydrogen-bond donors (Lipinski definition) is 1. The van der Waals surface area contributed by atoms with Crippen LogP contribution in [0.4, 0.5) is 5.69 Å². The third-order valence-electron chi connectivity index (χ3n) is 4.18. The van der Waals surface area contributed by atoms with Crippen LogP contribution >= 0.6 is 34.3 Å². The number of carbonyl (C=O) groups is 2. The molecule has 2 aromatic carbocycles. The molecule has 2 heterocycles. The average Bonchev–Trinajstić information content (AvgIpc) is 3.19. The van der Waals surface area contributed by atoms with Gasteiger partial charge in [0.1, 0.15) is 4.88 Å². The molecule has 5 nitrogen and oxygen atoms in total. The van der Waals surface area contributed by atoms with E-state index in [0.29, 0.717) is 20.4 Å². The normalized spacial score (nSPS) is 11.7. The third-order valence-corrected chi connectivity index (χ3v) is 6.88. The van der Waals surface area contributed by atoms with Crippen LogP contribution in [0.25, 0.3) is 20.3 Å². The molecule has 144 valence electrons. The van der Waals surface area contributed by atoms with Crippen molar-refractivity contribution in [3.05, 3.63) is 57.2 Å². The topological polar surface area (TPSA) is 63.5 Å². The maximum absolute atomic E-state index is 12.9. The molecule has 0 aliphatic heterocycles. The first-order valence-corrected chi connectivity index (χ1v) is 10.6. The van der Waals surface area contributed by atoms with Crippen LogP contribution in [0.1, 0.15) is 16.6 Å². The molecule has 4 rings (SSSR count). The Bertz CT molecular complexity index is 1390. The van der Waals surface area contributed by atoms with Crippen molar-refractivity contribution in [2.45, 2.75) is 13.5 Å². The molecular formula is C21H14ClN3O2S2. The highest BCUT2D eigenvalue weighted by Gasteiger charge is 2.17. The van der Waals surface area contributed by atoms with Gasteiger partial charge in [0.2, 0.25) is 5.91 Å². The fourth-order valence-corrected chi connectivity index (χ4v) is 5.44. The van der Waals surface area contributed by atoms with Gasteiger partial charge in [-0.05, 0) is 24.3 Å². The Morgan fingerprint density at radius 1 is 1.21 bits per heavy atom. The highest BCUT2D eigenvalue weighted by Crippen LogP contribution is 2.35. The Balaban J connectivity index is 1.84. The van der Waals surface area contributed by atoms with Crippen LogP contribution in [0.15, 0.2) is 47.5 Å². The van der Waals surface area contributed by atoms with Gasteiger partial charge in [0.05, 0.1) is 21.8 Å². The van der Waals surface area contributed by atoms with Crippen molar-refractivity contribution >= 4 is 72.1 Å². The molecule has 2 amide bonds. The maximum Gasteiger partial charge on any atom is 0.291 e. The summed E-state index contributed by atoms with van der Waals surface area (Å²) in [7, 11) is 0. The Kier molecular flexibility index (Phi) is 5.24. The quantitative estimate of drug-likeness (QED) is 0.461. The van der Waals surface area contributed by atoms with Crippen molar-refractivity contribution in [2.24, 2.45) is 4.99 Å². The Labute approximate surface area is 179 Å². The minimum absolute atomic E-state index is 0.156. The largest absolute Gasteiger partial charge is 0.326 e. The number of rotatable bonds is 3. The number of nitrogens with zero attached hydrogens (tertiary/aromatic N) is 2. The molecule has 0 aliphatic carbocycles. The number of anilines is 1. The van der Waals surface area contributed by atoms with Gasteiger partial charge in [-0.2, -0.15) is 4.99 Å². The summed E-state index contributed by atoms with van der Waals surface area (Å²) in [6.45, 7) is 1.72. The number of terminal acetylenes is 1. The van der Waals surface area contributed by atoms with Gasteiger partial charge in [-0.1, -0.05) is 47.1 Å². The number of amides is 2. The van der Waals surface area contributed by atoms with Gasteiger partial charge in [0.25, 0.3) is 5.91 Å². The van der Waals surface area contributed by atoms with Gasteiger partial charge in [0, 0.05) is 22.7 Å². The minimum atomic E-state index is -0.407. The Morgan fingerprint density at radius 2 is 2.00 bits per heavy atom. The van der Waals surface area contributed by atoms with Crippen molar-refractivity contribution in [3.8, 4) is 12.3 Å². The summed E-state index contributed by atoms with van der Waals surface area (Å²) < 4.78 is 3.60. The number of thiazole rings is 1.